The van der Waals surface area contributed by atoms with Crippen LogP contribution in [0.4, 0.5) is 11.4 Å². The first-order valence-electron chi connectivity index (χ1n) is 8.51. The summed E-state index contributed by atoms with van der Waals surface area (Å²) in [5, 5.41) is 3.01. The van der Waals surface area contributed by atoms with E-state index in [0.717, 1.165) is 29.0 Å². The van der Waals surface area contributed by atoms with Gasteiger partial charge in [0.1, 0.15) is 0 Å². The van der Waals surface area contributed by atoms with Gasteiger partial charge in [0.2, 0.25) is 5.91 Å². The van der Waals surface area contributed by atoms with Crippen molar-refractivity contribution in [3.05, 3.63) is 84.9 Å². The molecule has 0 bridgehead atoms. The first kappa shape index (κ1) is 16.8. The topological polar surface area (TPSA) is 32.3 Å². The molecule has 3 rings (SSSR count). The number of hydrogen-bond acceptors (Lipinski definition) is 2. The fourth-order valence-electron chi connectivity index (χ4n) is 2.81. The summed E-state index contributed by atoms with van der Waals surface area (Å²) >= 11 is 0. The fraction of sp³-hybridized carbons (Fsp3) is 0.136. The predicted octanol–water partition coefficient (Wildman–Crippen LogP) is 4.82. The molecule has 0 saturated heterocycles. The Morgan fingerprint density at radius 3 is 2.16 bits per heavy atom. The highest BCUT2D eigenvalue weighted by atomic mass is 16.2. The number of carbonyl (C=O) groups is 1. The molecule has 0 aromatic heterocycles. The van der Waals surface area contributed by atoms with Gasteiger partial charge in [0, 0.05) is 17.9 Å². The van der Waals surface area contributed by atoms with Crippen LogP contribution >= 0.6 is 0 Å². The van der Waals surface area contributed by atoms with E-state index in [1.165, 1.54) is 0 Å². The Morgan fingerprint density at radius 1 is 0.840 bits per heavy atom. The van der Waals surface area contributed by atoms with E-state index in [0.29, 0.717) is 6.54 Å². The molecule has 0 aliphatic carbocycles. The van der Waals surface area contributed by atoms with Crippen LogP contribution in [0.1, 0.15) is 6.92 Å². The van der Waals surface area contributed by atoms with E-state index in [4.69, 9.17) is 0 Å². The second-order valence-electron chi connectivity index (χ2n) is 5.84. The van der Waals surface area contributed by atoms with Gasteiger partial charge < -0.3 is 10.2 Å². The van der Waals surface area contributed by atoms with E-state index >= 15 is 0 Å². The molecule has 0 atom stereocenters. The molecular formula is C22H22N2O. The van der Waals surface area contributed by atoms with Gasteiger partial charge in [0.25, 0.3) is 0 Å². The van der Waals surface area contributed by atoms with Crippen molar-refractivity contribution in [3.63, 3.8) is 0 Å². The molecular weight excluding hydrogens is 308 g/mol. The summed E-state index contributed by atoms with van der Waals surface area (Å²) in [6.07, 6.45) is 0. The summed E-state index contributed by atoms with van der Waals surface area (Å²) in [5.41, 5.74) is 4.10. The third-order valence-corrected chi connectivity index (χ3v) is 4.09. The number of carbonyl (C=O) groups excluding carboxylic acids is 1. The molecule has 3 aromatic carbocycles. The first-order chi connectivity index (χ1) is 12.3. The lowest BCUT2D eigenvalue weighted by Crippen LogP contribution is -2.33. The molecule has 0 unspecified atom stereocenters. The van der Waals surface area contributed by atoms with Crippen LogP contribution in [0.3, 0.4) is 0 Å². The quantitative estimate of drug-likeness (QED) is 0.703. The molecule has 1 N–H and O–H groups in total. The average Bonchev–Trinajstić information content (AvgIpc) is 2.68. The highest BCUT2D eigenvalue weighted by Crippen LogP contribution is 2.22. The van der Waals surface area contributed by atoms with Crippen LogP contribution < -0.4 is 10.2 Å². The monoisotopic (exact) mass is 330 g/mol. The van der Waals surface area contributed by atoms with Crippen molar-refractivity contribution in [2.24, 2.45) is 0 Å². The average molecular weight is 330 g/mol. The van der Waals surface area contributed by atoms with Crippen LogP contribution in [-0.2, 0) is 4.79 Å². The molecule has 126 valence electrons. The number of likely N-dealkylation sites (N-methyl/N-ethyl adjacent to an activating group) is 1. The molecule has 1 amide bonds. The number of para-hydroxylation sites is 1. The number of hydrogen-bond donors (Lipinski definition) is 1. The van der Waals surface area contributed by atoms with Crippen molar-refractivity contribution in [2.45, 2.75) is 6.92 Å². The van der Waals surface area contributed by atoms with E-state index in [2.05, 4.69) is 29.3 Å². The smallest absolute Gasteiger partial charge is 0.243 e. The van der Waals surface area contributed by atoms with E-state index in [-0.39, 0.29) is 5.91 Å². The zero-order valence-electron chi connectivity index (χ0n) is 14.4. The predicted molar refractivity (Wildman–Crippen MR) is 105 cm³/mol. The molecule has 0 aliphatic heterocycles. The zero-order chi connectivity index (χ0) is 17.5. The molecule has 3 aromatic rings. The molecule has 0 spiro atoms. The van der Waals surface area contributed by atoms with E-state index < -0.39 is 0 Å². The van der Waals surface area contributed by atoms with Crippen molar-refractivity contribution in [2.75, 3.05) is 23.3 Å². The zero-order valence-corrected chi connectivity index (χ0v) is 14.4. The van der Waals surface area contributed by atoms with Crippen LogP contribution in [0, 0.1) is 0 Å². The lowest BCUT2D eigenvalue weighted by Gasteiger charge is -2.22. The normalized spacial score (nSPS) is 10.3. The number of anilines is 2. The van der Waals surface area contributed by atoms with E-state index in [1.54, 1.807) is 0 Å². The number of nitrogens with zero attached hydrogens (tertiary/aromatic N) is 1. The minimum atomic E-state index is -0.0177. The van der Waals surface area contributed by atoms with Gasteiger partial charge in [0.15, 0.2) is 0 Å². The summed E-state index contributed by atoms with van der Waals surface area (Å²) < 4.78 is 0. The maximum Gasteiger partial charge on any atom is 0.243 e. The Morgan fingerprint density at radius 2 is 1.48 bits per heavy atom. The van der Waals surface area contributed by atoms with Crippen molar-refractivity contribution < 1.29 is 4.79 Å². The molecule has 0 heterocycles. The van der Waals surface area contributed by atoms with Crippen LogP contribution in [0.25, 0.3) is 11.1 Å². The van der Waals surface area contributed by atoms with E-state index in [1.807, 2.05) is 72.8 Å². The van der Waals surface area contributed by atoms with Gasteiger partial charge in [-0.1, -0.05) is 60.7 Å². The Balaban J connectivity index is 1.69. The van der Waals surface area contributed by atoms with Gasteiger partial charge in [-0.2, -0.15) is 0 Å². The highest BCUT2D eigenvalue weighted by Gasteiger charge is 2.10. The second-order valence-corrected chi connectivity index (χ2v) is 5.84. The number of rotatable bonds is 6. The largest absolute Gasteiger partial charge is 0.362 e. The van der Waals surface area contributed by atoms with E-state index in [9.17, 15) is 4.79 Å². The van der Waals surface area contributed by atoms with Gasteiger partial charge >= 0.3 is 0 Å². The molecule has 25 heavy (non-hydrogen) atoms. The summed E-state index contributed by atoms with van der Waals surface area (Å²) in [7, 11) is 0. The highest BCUT2D eigenvalue weighted by molar-refractivity contribution is 5.94. The molecule has 0 fully saturated rings. The Labute approximate surface area is 148 Å². The summed E-state index contributed by atoms with van der Waals surface area (Å²) in [6.45, 7) is 3.16. The third-order valence-electron chi connectivity index (χ3n) is 4.09. The summed E-state index contributed by atoms with van der Waals surface area (Å²) in [6, 6.07) is 28.1. The number of nitrogens with one attached hydrogen (secondary N) is 1. The van der Waals surface area contributed by atoms with Gasteiger partial charge in [-0.3, -0.25) is 4.79 Å². The Bertz CT molecular complexity index is 816. The van der Waals surface area contributed by atoms with Crippen LogP contribution in [0.5, 0.6) is 0 Å². The lowest BCUT2D eigenvalue weighted by molar-refractivity contribution is -0.115. The van der Waals surface area contributed by atoms with Crippen LogP contribution in [0.2, 0.25) is 0 Å². The molecule has 0 saturated carbocycles. The van der Waals surface area contributed by atoms with Gasteiger partial charge in [0.05, 0.1) is 6.54 Å². The minimum Gasteiger partial charge on any atom is -0.362 e. The number of benzene rings is 3. The van der Waals surface area contributed by atoms with Crippen LogP contribution in [0.15, 0.2) is 84.9 Å². The molecule has 0 aliphatic rings. The van der Waals surface area contributed by atoms with Gasteiger partial charge in [-0.15, -0.1) is 0 Å². The fourth-order valence-corrected chi connectivity index (χ4v) is 2.81. The lowest BCUT2D eigenvalue weighted by atomic mass is 10.1. The maximum atomic E-state index is 12.5. The molecule has 3 nitrogen and oxygen atoms in total. The van der Waals surface area contributed by atoms with Gasteiger partial charge in [-0.25, -0.2) is 0 Å². The second kappa shape index (κ2) is 8.15. The van der Waals surface area contributed by atoms with Crippen molar-refractivity contribution >= 4 is 17.3 Å². The Hall–Kier alpha value is -3.07. The molecule has 0 radical (unpaired) electrons. The maximum absolute atomic E-state index is 12.5. The molecule has 3 heteroatoms. The number of amides is 1. The third kappa shape index (κ3) is 4.48. The van der Waals surface area contributed by atoms with Gasteiger partial charge in [-0.05, 0) is 42.3 Å². The van der Waals surface area contributed by atoms with Crippen molar-refractivity contribution in [1.29, 1.82) is 0 Å². The van der Waals surface area contributed by atoms with Crippen molar-refractivity contribution in [1.82, 2.24) is 0 Å². The van der Waals surface area contributed by atoms with Crippen LogP contribution in [-0.4, -0.2) is 19.0 Å². The standard InChI is InChI=1S/C22H22N2O/c1-2-24(21-14-7-4-8-15-21)17-22(25)23-20-13-9-12-19(16-20)18-10-5-3-6-11-18/h3-16H,2,17H2,1H3,(H,23,25). The SMILES string of the molecule is CCN(CC(=O)Nc1cccc(-c2ccccc2)c1)c1ccccc1. The summed E-state index contributed by atoms with van der Waals surface area (Å²) in [4.78, 5) is 14.5. The summed E-state index contributed by atoms with van der Waals surface area (Å²) in [5.74, 6) is -0.0177. The Kier molecular flexibility index (Phi) is 5.47. The minimum absolute atomic E-state index is 0.0177. The first-order valence-corrected chi connectivity index (χ1v) is 8.51. The van der Waals surface area contributed by atoms with Crippen molar-refractivity contribution in [3.8, 4) is 11.1 Å².